The first-order valence-electron chi connectivity index (χ1n) is 15.4. The number of carbonyl (C=O) groups excluding carboxylic acids is 3. The van der Waals surface area contributed by atoms with Gasteiger partial charge in [0.2, 0.25) is 11.7 Å². The van der Waals surface area contributed by atoms with Gasteiger partial charge >= 0.3 is 0 Å². The standard InChI is InChI=1S/C36H44N2O6/c1-42-31-23-29(24-32(43-2)34(31)44-3)33(39)36(41)38-22-12-19-28(25-38)35(40)37-30(20-10-17-26-13-6-4-7-14-26)21-11-18-27-15-8-5-9-16-27/h4-9,13-16,23-24,28,30H,10-12,17-22,25H2,1-3H3,(H,37,40). The lowest BCUT2D eigenvalue weighted by Gasteiger charge is -2.32. The van der Waals surface area contributed by atoms with E-state index in [0.717, 1.165) is 38.5 Å². The second-order valence-corrected chi connectivity index (χ2v) is 11.3. The molecule has 8 nitrogen and oxygen atoms in total. The van der Waals surface area contributed by atoms with E-state index in [4.69, 9.17) is 14.2 Å². The fourth-order valence-electron chi connectivity index (χ4n) is 5.86. The molecule has 4 rings (SSSR count). The van der Waals surface area contributed by atoms with Crippen molar-refractivity contribution in [2.75, 3.05) is 34.4 Å². The van der Waals surface area contributed by atoms with Crippen LogP contribution in [0.3, 0.4) is 0 Å². The van der Waals surface area contributed by atoms with E-state index in [1.54, 1.807) is 0 Å². The topological polar surface area (TPSA) is 94.2 Å². The van der Waals surface area contributed by atoms with E-state index in [0.29, 0.717) is 36.6 Å². The van der Waals surface area contributed by atoms with Gasteiger partial charge in [0, 0.05) is 24.7 Å². The number of ether oxygens (including phenoxy) is 3. The number of nitrogens with one attached hydrogen (secondary N) is 1. The normalized spacial score (nSPS) is 14.6. The van der Waals surface area contributed by atoms with Crippen molar-refractivity contribution in [1.29, 1.82) is 0 Å². The van der Waals surface area contributed by atoms with Crippen LogP contribution in [0.2, 0.25) is 0 Å². The second kappa shape index (κ2) is 16.5. The SMILES string of the molecule is COc1cc(C(=O)C(=O)N2CCCC(C(=O)NC(CCCc3ccccc3)CCCc3ccccc3)C2)cc(OC)c1OC. The van der Waals surface area contributed by atoms with Gasteiger partial charge in [-0.15, -0.1) is 0 Å². The molecular weight excluding hydrogens is 556 g/mol. The van der Waals surface area contributed by atoms with Crippen molar-refractivity contribution in [3.63, 3.8) is 0 Å². The summed E-state index contributed by atoms with van der Waals surface area (Å²) in [5.41, 5.74) is 2.73. The number of piperidine rings is 1. The molecule has 0 saturated carbocycles. The average molecular weight is 601 g/mol. The minimum absolute atomic E-state index is 0.0434. The zero-order valence-electron chi connectivity index (χ0n) is 26.1. The number of likely N-dealkylation sites (tertiary alicyclic amines) is 1. The van der Waals surface area contributed by atoms with E-state index in [1.807, 2.05) is 12.1 Å². The number of hydrogen-bond acceptors (Lipinski definition) is 6. The molecule has 3 aromatic rings. The van der Waals surface area contributed by atoms with E-state index >= 15 is 0 Å². The van der Waals surface area contributed by atoms with Crippen molar-refractivity contribution in [3.8, 4) is 17.2 Å². The third-order valence-electron chi connectivity index (χ3n) is 8.27. The first kappa shape index (κ1) is 32.6. The van der Waals surface area contributed by atoms with Crippen molar-refractivity contribution in [1.82, 2.24) is 10.2 Å². The van der Waals surface area contributed by atoms with E-state index in [1.165, 1.54) is 49.5 Å². The highest BCUT2D eigenvalue weighted by Crippen LogP contribution is 2.38. The molecule has 0 aromatic heterocycles. The first-order chi connectivity index (χ1) is 21.4. The fraction of sp³-hybridized carbons (Fsp3) is 0.417. The molecule has 234 valence electrons. The average Bonchev–Trinajstić information content (AvgIpc) is 3.07. The highest BCUT2D eigenvalue weighted by Gasteiger charge is 2.33. The molecule has 2 amide bonds. The van der Waals surface area contributed by atoms with Gasteiger partial charge in [0.05, 0.1) is 27.2 Å². The molecule has 0 aliphatic carbocycles. The molecular formula is C36H44N2O6. The number of aryl methyl sites for hydroxylation is 2. The van der Waals surface area contributed by atoms with Gasteiger partial charge in [0.1, 0.15) is 0 Å². The van der Waals surface area contributed by atoms with Crippen LogP contribution in [0.25, 0.3) is 0 Å². The van der Waals surface area contributed by atoms with Crippen molar-refractivity contribution in [2.45, 2.75) is 57.4 Å². The first-order valence-corrected chi connectivity index (χ1v) is 15.4. The Bertz CT molecular complexity index is 1310. The number of nitrogens with zero attached hydrogens (tertiary/aromatic N) is 1. The second-order valence-electron chi connectivity index (χ2n) is 11.3. The summed E-state index contributed by atoms with van der Waals surface area (Å²) in [7, 11) is 4.39. The Morgan fingerprint density at radius 3 is 1.86 bits per heavy atom. The smallest absolute Gasteiger partial charge is 0.294 e. The van der Waals surface area contributed by atoms with Crippen molar-refractivity contribution in [3.05, 3.63) is 89.5 Å². The number of carbonyl (C=O) groups is 3. The van der Waals surface area contributed by atoms with Crippen LogP contribution >= 0.6 is 0 Å². The van der Waals surface area contributed by atoms with Crippen molar-refractivity contribution in [2.24, 2.45) is 5.92 Å². The Kier molecular flexibility index (Phi) is 12.2. The van der Waals surface area contributed by atoms with E-state index in [9.17, 15) is 14.4 Å². The highest BCUT2D eigenvalue weighted by molar-refractivity contribution is 6.42. The zero-order chi connectivity index (χ0) is 31.3. The van der Waals surface area contributed by atoms with Gasteiger partial charge < -0.3 is 24.4 Å². The number of methoxy groups -OCH3 is 3. The maximum absolute atomic E-state index is 13.5. The monoisotopic (exact) mass is 600 g/mol. The molecule has 1 saturated heterocycles. The quantitative estimate of drug-likeness (QED) is 0.179. The van der Waals surface area contributed by atoms with Crippen LogP contribution in [0.1, 0.15) is 60.0 Å². The molecule has 1 aliphatic heterocycles. The third kappa shape index (κ3) is 8.85. The molecule has 3 aromatic carbocycles. The predicted molar refractivity (Wildman–Crippen MR) is 170 cm³/mol. The minimum atomic E-state index is -0.676. The Labute approximate surface area is 260 Å². The molecule has 1 aliphatic rings. The predicted octanol–water partition coefficient (Wildman–Crippen LogP) is 5.66. The molecule has 1 fully saturated rings. The molecule has 1 unspecified atom stereocenters. The van der Waals surface area contributed by atoms with Crippen LogP contribution in [0, 0.1) is 5.92 Å². The summed E-state index contributed by atoms with van der Waals surface area (Å²) in [6.07, 6.45) is 6.95. The Morgan fingerprint density at radius 1 is 0.818 bits per heavy atom. The van der Waals surface area contributed by atoms with Crippen LogP contribution in [0.15, 0.2) is 72.8 Å². The summed E-state index contributed by atoms with van der Waals surface area (Å²) in [5.74, 6) is -0.799. The van der Waals surface area contributed by atoms with Gasteiger partial charge in [0.25, 0.3) is 11.7 Å². The summed E-state index contributed by atoms with van der Waals surface area (Å²) < 4.78 is 16.0. The van der Waals surface area contributed by atoms with E-state index < -0.39 is 11.7 Å². The number of Topliss-reactive ketones (excluding diaryl/α,β-unsaturated/α-hetero) is 1. The number of rotatable bonds is 15. The molecule has 1 heterocycles. The summed E-state index contributed by atoms with van der Waals surface area (Å²) in [4.78, 5) is 41.6. The van der Waals surface area contributed by atoms with Crippen molar-refractivity contribution < 1.29 is 28.6 Å². The lowest BCUT2D eigenvalue weighted by molar-refractivity contribution is -0.132. The summed E-state index contributed by atoms with van der Waals surface area (Å²) in [6.45, 7) is 0.637. The van der Waals surface area contributed by atoms with Crippen LogP contribution in [0.4, 0.5) is 0 Å². The van der Waals surface area contributed by atoms with Crippen molar-refractivity contribution >= 4 is 17.6 Å². The number of ketones is 1. The molecule has 0 bridgehead atoms. The van der Waals surface area contributed by atoms with E-state index in [-0.39, 0.29) is 30.0 Å². The van der Waals surface area contributed by atoms with Gasteiger partial charge in [-0.25, -0.2) is 0 Å². The number of benzene rings is 3. The number of amides is 2. The molecule has 0 spiro atoms. The lowest BCUT2D eigenvalue weighted by Crippen LogP contribution is -2.49. The van der Waals surface area contributed by atoms with E-state index in [2.05, 4.69) is 53.8 Å². The van der Waals surface area contributed by atoms with Gasteiger partial charge in [-0.2, -0.15) is 0 Å². The maximum Gasteiger partial charge on any atom is 0.294 e. The minimum Gasteiger partial charge on any atom is -0.493 e. The van der Waals surface area contributed by atoms with Crippen LogP contribution in [-0.2, 0) is 22.4 Å². The van der Waals surface area contributed by atoms with Crippen LogP contribution < -0.4 is 19.5 Å². The lowest BCUT2D eigenvalue weighted by atomic mass is 9.94. The molecule has 1 N–H and O–H groups in total. The van der Waals surface area contributed by atoms with Gasteiger partial charge in [-0.3, -0.25) is 14.4 Å². The summed E-state index contributed by atoms with van der Waals surface area (Å²) >= 11 is 0. The molecule has 8 heteroatoms. The van der Waals surface area contributed by atoms with Gasteiger partial charge in [0.15, 0.2) is 11.5 Å². The Morgan fingerprint density at radius 2 is 1.36 bits per heavy atom. The van der Waals surface area contributed by atoms with Gasteiger partial charge in [-0.1, -0.05) is 60.7 Å². The largest absolute Gasteiger partial charge is 0.493 e. The molecule has 0 radical (unpaired) electrons. The Balaban J connectivity index is 1.38. The number of hydrogen-bond donors (Lipinski definition) is 1. The van der Waals surface area contributed by atoms with Crippen LogP contribution in [-0.4, -0.2) is 63.0 Å². The summed E-state index contributed by atoms with van der Waals surface area (Å²) in [6, 6.07) is 23.8. The van der Waals surface area contributed by atoms with Crippen LogP contribution in [0.5, 0.6) is 17.2 Å². The zero-order valence-corrected chi connectivity index (χ0v) is 26.1. The molecule has 44 heavy (non-hydrogen) atoms. The summed E-state index contributed by atoms with van der Waals surface area (Å²) in [5, 5.41) is 3.31. The fourth-order valence-corrected chi connectivity index (χ4v) is 5.86. The molecule has 1 atom stereocenters. The Hall–Kier alpha value is -4.33. The maximum atomic E-state index is 13.5. The highest BCUT2D eigenvalue weighted by atomic mass is 16.5. The third-order valence-corrected chi connectivity index (χ3v) is 8.27. The van der Waals surface area contributed by atoms with Gasteiger partial charge in [-0.05, 0) is 74.6 Å².